The number of ether oxygens (including phenoxy) is 3. The number of likely N-dealkylation sites (tertiary alicyclic amines) is 1. The fourth-order valence-corrected chi connectivity index (χ4v) is 5.39. The second kappa shape index (κ2) is 12.4. The van der Waals surface area contributed by atoms with Crippen LogP contribution in [0, 0.1) is 6.92 Å². The Balaban J connectivity index is 1.51. The Kier molecular flexibility index (Phi) is 8.95. The van der Waals surface area contributed by atoms with Gasteiger partial charge in [0.05, 0.1) is 24.7 Å². The van der Waals surface area contributed by atoms with Gasteiger partial charge in [0.2, 0.25) is 18.1 Å². The third kappa shape index (κ3) is 6.13. The van der Waals surface area contributed by atoms with E-state index in [2.05, 4.69) is 15.6 Å². The Hall–Kier alpha value is -3.51. The minimum atomic E-state index is -0.934. The van der Waals surface area contributed by atoms with Crippen molar-refractivity contribution in [2.24, 2.45) is 0 Å². The first-order valence-electron chi connectivity index (χ1n) is 12.6. The van der Waals surface area contributed by atoms with Crippen molar-refractivity contribution in [2.75, 3.05) is 20.3 Å². The number of rotatable bonds is 10. The average molecular weight is 545 g/mol. The summed E-state index contributed by atoms with van der Waals surface area (Å²) in [5, 5.41) is 7.51. The van der Waals surface area contributed by atoms with Crippen LogP contribution < -0.4 is 15.4 Å². The fourth-order valence-electron chi connectivity index (χ4n) is 4.82. The summed E-state index contributed by atoms with van der Waals surface area (Å²) in [4.78, 5) is 57.8. The molecule has 2 fully saturated rings. The largest absolute Gasteiger partial charge is 0.496 e. The lowest BCUT2D eigenvalue weighted by atomic mass is 10.0. The van der Waals surface area contributed by atoms with E-state index in [1.807, 2.05) is 5.38 Å². The quantitative estimate of drug-likeness (QED) is 0.431. The van der Waals surface area contributed by atoms with E-state index in [1.165, 1.54) is 23.3 Å². The summed E-state index contributed by atoms with van der Waals surface area (Å²) >= 11 is 1.40. The highest BCUT2D eigenvalue weighted by Gasteiger charge is 2.42. The van der Waals surface area contributed by atoms with Gasteiger partial charge in [0.15, 0.2) is 0 Å². The van der Waals surface area contributed by atoms with Gasteiger partial charge in [-0.05, 0) is 38.8 Å². The molecular formula is C26H32N4O7S. The van der Waals surface area contributed by atoms with E-state index in [0.717, 1.165) is 0 Å². The number of methoxy groups -OCH3 is 1. The molecule has 1 aromatic carbocycles. The molecule has 0 spiro atoms. The topological polar surface area (TPSA) is 136 Å². The Morgan fingerprint density at radius 2 is 2.13 bits per heavy atom. The fraction of sp³-hybridized carbons (Fsp3) is 0.500. The number of thiazole rings is 1. The molecule has 204 valence electrons. The molecular weight excluding hydrogens is 512 g/mol. The third-order valence-electron chi connectivity index (χ3n) is 6.71. The van der Waals surface area contributed by atoms with Crippen molar-refractivity contribution in [1.82, 2.24) is 20.5 Å². The van der Waals surface area contributed by atoms with Crippen molar-refractivity contribution < 1.29 is 33.4 Å². The van der Waals surface area contributed by atoms with E-state index in [1.54, 1.807) is 37.6 Å². The first-order chi connectivity index (χ1) is 18.3. The van der Waals surface area contributed by atoms with Gasteiger partial charge in [-0.2, -0.15) is 0 Å². The highest BCUT2D eigenvalue weighted by atomic mass is 32.1. The van der Waals surface area contributed by atoms with Gasteiger partial charge in [0.25, 0.3) is 5.91 Å². The van der Waals surface area contributed by atoms with Crippen LogP contribution in [-0.2, 0) is 30.3 Å². The number of carbonyl (C=O) groups excluding carboxylic acids is 4. The second-order valence-electron chi connectivity index (χ2n) is 9.17. The van der Waals surface area contributed by atoms with Crippen molar-refractivity contribution in [3.05, 3.63) is 45.9 Å². The van der Waals surface area contributed by atoms with E-state index in [0.29, 0.717) is 48.6 Å². The molecule has 11 nitrogen and oxygen atoms in total. The van der Waals surface area contributed by atoms with Gasteiger partial charge in [0, 0.05) is 36.1 Å². The summed E-state index contributed by atoms with van der Waals surface area (Å²) < 4.78 is 15.9. The van der Waals surface area contributed by atoms with Crippen LogP contribution in [0.3, 0.4) is 0 Å². The summed E-state index contributed by atoms with van der Waals surface area (Å²) in [5.41, 5.74) is 3.38. The van der Waals surface area contributed by atoms with Crippen LogP contribution in [0.15, 0.2) is 29.1 Å². The van der Waals surface area contributed by atoms with Gasteiger partial charge in [-0.25, -0.2) is 4.98 Å². The molecule has 1 aromatic heterocycles. The SMILES string of the molecule is CCO[C@@H]1OC(=O)C[C@@H]1NC(=O)[C@@H]1CCCN1C(=O)[C@H](Cc1cscn1)NC(=O)c1cccc(OC)c1C. The molecule has 2 N–H and O–H groups in total. The highest BCUT2D eigenvalue weighted by Crippen LogP contribution is 2.24. The Morgan fingerprint density at radius 1 is 1.32 bits per heavy atom. The van der Waals surface area contributed by atoms with Gasteiger partial charge in [0.1, 0.15) is 23.9 Å². The smallest absolute Gasteiger partial charge is 0.310 e. The molecule has 0 unspecified atom stereocenters. The normalized spacial score (nSPS) is 21.6. The van der Waals surface area contributed by atoms with E-state index in [9.17, 15) is 19.2 Å². The van der Waals surface area contributed by atoms with Gasteiger partial charge in [-0.3, -0.25) is 19.2 Å². The Bertz CT molecular complexity index is 1170. The summed E-state index contributed by atoms with van der Waals surface area (Å²) in [6.07, 6.45) is 0.416. The monoisotopic (exact) mass is 544 g/mol. The van der Waals surface area contributed by atoms with E-state index in [-0.39, 0.29) is 24.7 Å². The number of carbonyl (C=O) groups is 4. The molecule has 0 saturated carbocycles. The number of hydrogen-bond acceptors (Lipinski definition) is 9. The first-order valence-corrected chi connectivity index (χ1v) is 13.5. The maximum atomic E-state index is 13.8. The lowest BCUT2D eigenvalue weighted by molar-refractivity contribution is -0.164. The van der Waals surface area contributed by atoms with Crippen molar-refractivity contribution in [2.45, 2.75) is 63.9 Å². The summed E-state index contributed by atoms with van der Waals surface area (Å²) in [6.45, 7) is 4.24. The molecule has 3 amide bonds. The predicted molar refractivity (Wildman–Crippen MR) is 138 cm³/mol. The lowest BCUT2D eigenvalue weighted by Gasteiger charge is -2.29. The van der Waals surface area contributed by atoms with Gasteiger partial charge < -0.3 is 29.7 Å². The summed E-state index contributed by atoms with van der Waals surface area (Å²) in [7, 11) is 1.53. The number of cyclic esters (lactones) is 1. The second-order valence-corrected chi connectivity index (χ2v) is 9.88. The molecule has 2 aliphatic heterocycles. The molecule has 0 radical (unpaired) electrons. The van der Waals surface area contributed by atoms with E-state index < -0.39 is 36.3 Å². The standard InChI is InChI=1S/C26H32N4O7S/c1-4-36-26-19(12-22(31)37-26)29-24(33)20-8-6-10-30(20)25(34)18(11-16-13-38-14-27-16)28-23(32)17-7-5-9-21(35-3)15(17)2/h5,7,9,13-14,18-20,26H,4,6,8,10-12H2,1-3H3,(H,28,32)(H,29,33)/t18-,19-,20-,26+/m0/s1. The van der Waals surface area contributed by atoms with Gasteiger partial charge in [-0.1, -0.05) is 6.07 Å². The van der Waals surface area contributed by atoms with E-state index in [4.69, 9.17) is 14.2 Å². The molecule has 0 aliphatic carbocycles. The van der Waals surface area contributed by atoms with Crippen LogP contribution in [0.4, 0.5) is 0 Å². The number of hydrogen-bond donors (Lipinski definition) is 2. The maximum absolute atomic E-state index is 13.8. The number of nitrogens with zero attached hydrogens (tertiary/aromatic N) is 2. The lowest BCUT2D eigenvalue weighted by Crippen LogP contribution is -2.56. The molecule has 3 heterocycles. The molecule has 12 heteroatoms. The predicted octanol–water partition coefficient (Wildman–Crippen LogP) is 1.59. The molecule has 4 rings (SSSR count). The first kappa shape index (κ1) is 27.5. The minimum Gasteiger partial charge on any atom is -0.496 e. The number of nitrogens with one attached hydrogen (secondary N) is 2. The Labute approximate surface area is 224 Å². The van der Waals surface area contributed by atoms with Crippen LogP contribution in [0.5, 0.6) is 5.75 Å². The zero-order chi connectivity index (χ0) is 27.2. The minimum absolute atomic E-state index is 0.000526. The average Bonchev–Trinajstić information content (AvgIpc) is 3.65. The summed E-state index contributed by atoms with van der Waals surface area (Å²) in [5.74, 6) is -1.06. The highest BCUT2D eigenvalue weighted by molar-refractivity contribution is 7.07. The molecule has 2 aliphatic rings. The zero-order valence-electron chi connectivity index (χ0n) is 21.6. The van der Waals surface area contributed by atoms with Crippen LogP contribution in [0.1, 0.15) is 47.8 Å². The van der Waals surface area contributed by atoms with Crippen LogP contribution in [-0.4, -0.2) is 78.3 Å². The maximum Gasteiger partial charge on any atom is 0.310 e. The van der Waals surface area contributed by atoms with Crippen molar-refractivity contribution in [1.29, 1.82) is 0 Å². The number of benzene rings is 1. The number of aromatic nitrogens is 1. The van der Waals surface area contributed by atoms with E-state index >= 15 is 0 Å². The molecule has 0 bridgehead atoms. The number of amides is 3. The van der Waals surface area contributed by atoms with Crippen LogP contribution in [0.25, 0.3) is 0 Å². The molecule has 2 saturated heterocycles. The number of esters is 1. The van der Waals surface area contributed by atoms with Crippen LogP contribution >= 0.6 is 11.3 Å². The zero-order valence-corrected chi connectivity index (χ0v) is 22.4. The third-order valence-corrected chi connectivity index (χ3v) is 7.34. The van der Waals surface area contributed by atoms with Gasteiger partial charge >= 0.3 is 5.97 Å². The van der Waals surface area contributed by atoms with Crippen molar-refractivity contribution in [3.8, 4) is 5.75 Å². The molecule has 2 aromatic rings. The van der Waals surface area contributed by atoms with Gasteiger partial charge in [-0.15, -0.1) is 11.3 Å². The van der Waals surface area contributed by atoms with Crippen molar-refractivity contribution >= 4 is 35.0 Å². The Morgan fingerprint density at radius 3 is 2.84 bits per heavy atom. The summed E-state index contributed by atoms with van der Waals surface area (Å²) in [6, 6.07) is 2.84. The van der Waals surface area contributed by atoms with Crippen molar-refractivity contribution in [3.63, 3.8) is 0 Å². The molecule has 38 heavy (non-hydrogen) atoms. The molecule has 4 atom stereocenters. The van der Waals surface area contributed by atoms with Crippen LogP contribution in [0.2, 0.25) is 0 Å².